The SMILES string of the molecule is CNC(=O)c1ccc(NC(C)CN(C)C)c([N+](=O)[O-])c1. The van der Waals surface area contributed by atoms with E-state index in [1.807, 2.05) is 25.9 Å². The van der Waals surface area contributed by atoms with Crippen LogP contribution in [0.4, 0.5) is 11.4 Å². The number of nitro groups is 1. The number of nitro benzene ring substituents is 1. The van der Waals surface area contributed by atoms with Gasteiger partial charge in [-0.15, -0.1) is 0 Å². The highest BCUT2D eigenvalue weighted by molar-refractivity contribution is 5.95. The van der Waals surface area contributed by atoms with Crippen molar-refractivity contribution in [3.05, 3.63) is 33.9 Å². The van der Waals surface area contributed by atoms with Crippen LogP contribution in [0.1, 0.15) is 17.3 Å². The number of anilines is 1. The number of hydrogen-bond donors (Lipinski definition) is 2. The van der Waals surface area contributed by atoms with Gasteiger partial charge in [-0.25, -0.2) is 0 Å². The van der Waals surface area contributed by atoms with Crippen molar-refractivity contribution in [1.29, 1.82) is 0 Å². The van der Waals surface area contributed by atoms with Crippen LogP contribution in [0.15, 0.2) is 18.2 Å². The van der Waals surface area contributed by atoms with Crippen LogP contribution in [0, 0.1) is 10.1 Å². The molecular formula is C13H20N4O3. The highest BCUT2D eigenvalue weighted by atomic mass is 16.6. The summed E-state index contributed by atoms with van der Waals surface area (Å²) < 4.78 is 0. The zero-order chi connectivity index (χ0) is 15.3. The molecule has 110 valence electrons. The van der Waals surface area contributed by atoms with Crippen molar-refractivity contribution in [2.24, 2.45) is 0 Å². The highest BCUT2D eigenvalue weighted by Crippen LogP contribution is 2.26. The van der Waals surface area contributed by atoms with E-state index in [2.05, 4.69) is 10.6 Å². The molecular weight excluding hydrogens is 260 g/mol. The fourth-order valence-corrected chi connectivity index (χ4v) is 1.95. The summed E-state index contributed by atoms with van der Waals surface area (Å²) in [5, 5.41) is 16.6. The van der Waals surface area contributed by atoms with Gasteiger partial charge in [-0.3, -0.25) is 14.9 Å². The Morgan fingerprint density at radius 1 is 1.45 bits per heavy atom. The third-order valence-electron chi connectivity index (χ3n) is 2.72. The first-order valence-electron chi connectivity index (χ1n) is 6.27. The molecule has 2 N–H and O–H groups in total. The van der Waals surface area contributed by atoms with Gasteiger partial charge in [0.2, 0.25) is 0 Å². The third-order valence-corrected chi connectivity index (χ3v) is 2.72. The first-order valence-corrected chi connectivity index (χ1v) is 6.27. The lowest BCUT2D eigenvalue weighted by Gasteiger charge is -2.19. The summed E-state index contributed by atoms with van der Waals surface area (Å²) >= 11 is 0. The van der Waals surface area contributed by atoms with Crippen molar-refractivity contribution in [2.45, 2.75) is 13.0 Å². The van der Waals surface area contributed by atoms with Crippen molar-refractivity contribution < 1.29 is 9.72 Å². The maximum absolute atomic E-state index is 11.5. The number of likely N-dealkylation sites (N-methyl/N-ethyl adjacent to an activating group) is 1. The Hall–Kier alpha value is -2.15. The number of hydrogen-bond acceptors (Lipinski definition) is 5. The van der Waals surface area contributed by atoms with E-state index < -0.39 is 4.92 Å². The smallest absolute Gasteiger partial charge is 0.293 e. The van der Waals surface area contributed by atoms with Crippen LogP contribution in [0.25, 0.3) is 0 Å². The second-order valence-electron chi connectivity index (χ2n) is 4.88. The average Bonchev–Trinajstić information content (AvgIpc) is 2.36. The molecule has 0 spiro atoms. The van der Waals surface area contributed by atoms with E-state index in [4.69, 9.17) is 0 Å². The number of rotatable bonds is 6. The lowest BCUT2D eigenvalue weighted by molar-refractivity contribution is -0.384. The summed E-state index contributed by atoms with van der Waals surface area (Å²) in [7, 11) is 5.35. The fourth-order valence-electron chi connectivity index (χ4n) is 1.95. The molecule has 0 aromatic heterocycles. The number of nitrogens with one attached hydrogen (secondary N) is 2. The van der Waals surface area contributed by atoms with Crippen LogP contribution in [0.3, 0.4) is 0 Å². The predicted molar refractivity (Wildman–Crippen MR) is 78.1 cm³/mol. The molecule has 1 unspecified atom stereocenters. The first-order chi connectivity index (χ1) is 9.35. The Labute approximate surface area is 118 Å². The summed E-state index contributed by atoms with van der Waals surface area (Å²) in [6.07, 6.45) is 0. The van der Waals surface area contributed by atoms with E-state index in [1.165, 1.54) is 13.1 Å². The molecule has 0 saturated heterocycles. The van der Waals surface area contributed by atoms with Gasteiger partial charge in [-0.1, -0.05) is 0 Å². The molecule has 0 aliphatic rings. The predicted octanol–water partition coefficient (Wildman–Crippen LogP) is 1.32. The van der Waals surface area contributed by atoms with E-state index in [0.29, 0.717) is 5.69 Å². The fraction of sp³-hybridized carbons (Fsp3) is 0.462. The largest absolute Gasteiger partial charge is 0.376 e. The minimum absolute atomic E-state index is 0.0505. The van der Waals surface area contributed by atoms with Gasteiger partial charge in [-0.05, 0) is 33.2 Å². The van der Waals surface area contributed by atoms with Crippen LogP contribution >= 0.6 is 0 Å². The Bertz CT molecular complexity index is 502. The van der Waals surface area contributed by atoms with E-state index >= 15 is 0 Å². The van der Waals surface area contributed by atoms with Gasteiger partial charge in [0.05, 0.1) is 4.92 Å². The van der Waals surface area contributed by atoms with E-state index in [0.717, 1.165) is 6.54 Å². The second kappa shape index (κ2) is 6.85. The normalized spacial score (nSPS) is 12.1. The van der Waals surface area contributed by atoms with Crippen molar-refractivity contribution >= 4 is 17.3 Å². The molecule has 1 aromatic rings. The quantitative estimate of drug-likeness (QED) is 0.606. The maximum Gasteiger partial charge on any atom is 0.293 e. The van der Waals surface area contributed by atoms with Gasteiger partial charge in [0.25, 0.3) is 11.6 Å². The van der Waals surface area contributed by atoms with E-state index in [-0.39, 0.29) is 23.2 Å². The maximum atomic E-state index is 11.5. The topological polar surface area (TPSA) is 87.5 Å². The molecule has 0 saturated carbocycles. The van der Waals surface area contributed by atoms with E-state index in [1.54, 1.807) is 12.1 Å². The molecule has 0 bridgehead atoms. The van der Waals surface area contributed by atoms with Crippen LogP contribution in [0.5, 0.6) is 0 Å². The van der Waals surface area contributed by atoms with Crippen LogP contribution < -0.4 is 10.6 Å². The monoisotopic (exact) mass is 280 g/mol. The standard InChI is InChI=1S/C13H20N4O3/c1-9(8-16(3)4)15-11-6-5-10(13(18)14-2)7-12(11)17(19)20/h5-7,9,15H,8H2,1-4H3,(H,14,18). The number of carbonyl (C=O) groups is 1. The summed E-state index contributed by atoms with van der Waals surface area (Å²) in [6, 6.07) is 4.46. The van der Waals surface area contributed by atoms with Crippen molar-refractivity contribution in [3.8, 4) is 0 Å². The lowest BCUT2D eigenvalue weighted by Crippen LogP contribution is -2.30. The van der Waals surface area contributed by atoms with Gasteiger partial charge >= 0.3 is 0 Å². The Balaban J connectivity index is 3.01. The van der Waals surface area contributed by atoms with Crippen LogP contribution in [-0.2, 0) is 0 Å². The number of nitrogens with zero attached hydrogens (tertiary/aromatic N) is 2. The Kier molecular flexibility index (Phi) is 5.45. The van der Waals surface area contributed by atoms with Gasteiger partial charge in [0, 0.05) is 31.3 Å². The van der Waals surface area contributed by atoms with Gasteiger partial charge in [-0.2, -0.15) is 0 Å². The molecule has 0 aliphatic heterocycles. The summed E-state index contributed by atoms with van der Waals surface area (Å²) in [4.78, 5) is 24.1. The molecule has 1 rings (SSSR count). The number of amides is 1. The summed E-state index contributed by atoms with van der Waals surface area (Å²) in [5.74, 6) is -0.346. The van der Waals surface area contributed by atoms with Crippen molar-refractivity contribution in [2.75, 3.05) is 33.0 Å². The zero-order valence-electron chi connectivity index (χ0n) is 12.1. The van der Waals surface area contributed by atoms with Crippen LogP contribution in [-0.4, -0.2) is 49.5 Å². The minimum atomic E-state index is -0.489. The molecule has 1 aromatic carbocycles. The molecule has 0 radical (unpaired) electrons. The molecule has 0 heterocycles. The molecule has 0 aliphatic carbocycles. The Morgan fingerprint density at radius 3 is 2.60 bits per heavy atom. The molecule has 7 heteroatoms. The average molecular weight is 280 g/mol. The molecule has 20 heavy (non-hydrogen) atoms. The van der Waals surface area contributed by atoms with Gasteiger partial charge in [0.15, 0.2) is 0 Å². The second-order valence-corrected chi connectivity index (χ2v) is 4.88. The molecule has 0 fully saturated rings. The molecule has 1 atom stereocenters. The first kappa shape index (κ1) is 15.9. The number of benzene rings is 1. The van der Waals surface area contributed by atoms with Crippen LogP contribution in [0.2, 0.25) is 0 Å². The van der Waals surface area contributed by atoms with Gasteiger partial charge in [0.1, 0.15) is 5.69 Å². The Morgan fingerprint density at radius 2 is 2.10 bits per heavy atom. The van der Waals surface area contributed by atoms with Crippen molar-refractivity contribution in [3.63, 3.8) is 0 Å². The van der Waals surface area contributed by atoms with Gasteiger partial charge < -0.3 is 15.5 Å². The number of carbonyl (C=O) groups excluding carboxylic acids is 1. The summed E-state index contributed by atoms with van der Waals surface area (Å²) in [5.41, 5.74) is 0.582. The molecule has 1 amide bonds. The van der Waals surface area contributed by atoms with E-state index in [9.17, 15) is 14.9 Å². The lowest BCUT2D eigenvalue weighted by atomic mass is 10.1. The third kappa shape index (κ3) is 4.20. The minimum Gasteiger partial charge on any atom is -0.376 e. The van der Waals surface area contributed by atoms with Crippen molar-refractivity contribution in [1.82, 2.24) is 10.2 Å². The zero-order valence-corrected chi connectivity index (χ0v) is 12.1. The molecule has 7 nitrogen and oxygen atoms in total. The summed E-state index contributed by atoms with van der Waals surface area (Å²) in [6.45, 7) is 2.69. The highest BCUT2D eigenvalue weighted by Gasteiger charge is 2.18.